The van der Waals surface area contributed by atoms with Crippen LogP contribution in [0.3, 0.4) is 0 Å². The number of amides is 1. The summed E-state index contributed by atoms with van der Waals surface area (Å²) < 4.78 is 55.0. The molecule has 1 amide bonds. The molecule has 1 aliphatic rings. The number of para-hydroxylation sites is 2. The first kappa shape index (κ1) is 19.4. The number of nitrogens with zero attached hydrogens (tertiary/aromatic N) is 3. The van der Waals surface area contributed by atoms with E-state index in [-0.39, 0.29) is 23.9 Å². The standard InChI is InChI=1S/C21H19F4N3O/c22-16-5-3-4-15(12-16)19(29)27-10-8-14(9-11-27)13-28-18-7-2-1-6-17(18)26-20(28)21(23,24)25/h1-7,12,14H,8-11,13H2. The molecule has 152 valence electrons. The highest BCUT2D eigenvalue weighted by Gasteiger charge is 2.38. The molecule has 0 aliphatic carbocycles. The maximum absolute atomic E-state index is 13.5. The van der Waals surface area contributed by atoms with E-state index in [1.807, 2.05) is 0 Å². The second kappa shape index (κ2) is 7.50. The Balaban J connectivity index is 1.48. The number of rotatable bonds is 3. The smallest absolute Gasteiger partial charge is 0.339 e. The highest BCUT2D eigenvalue weighted by molar-refractivity contribution is 5.94. The van der Waals surface area contributed by atoms with Crippen LogP contribution >= 0.6 is 0 Å². The Morgan fingerprint density at radius 3 is 2.48 bits per heavy atom. The van der Waals surface area contributed by atoms with Gasteiger partial charge in [0.2, 0.25) is 5.82 Å². The lowest BCUT2D eigenvalue weighted by Crippen LogP contribution is -2.39. The van der Waals surface area contributed by atoms with E-state index in [2.05, 4.69) is 4.98 Å². The fourth-order valence-corrected chi connectivity index (χ4v) is 3.86. The van der Waals surface area contributed by atoms with Crippen molar-refractivity contribution in [2.45, 2.75) is 25.6 Å². The summed E-state index contributed by atoms with van der Waals surface area (Å²) >= 11 is 0. The molecule has 4 nitrogen and oxygen atoms in total. The molecule has 8 heteroatoms. The molecule has 1 aliphatic heterocycles. The molecule has 1 aromatic heterocycles. The van der Waals surface area contributed by atoms with E-state index >= 15 is 0 Å². The number of alkyl halides is 3. The number of carbonyl (C=O) groups excluding carboxylic acids is 1. The van der Waals surface area contributed by atoms with Crippen LogP contribution in [0, 0.1) is 11.7 Å². The van der Waals surface area contributed by atoms with E-state index in [9.17, 15) is 22.4 Å². The number of imidazole rings is 1. The zero-order valence-electron chi connectivity index (χ0n) is 15.5. The van der Waals surface area contributed by atoms with Crippen LogP contribution in [0.25, 0.3) is 11.0 Å². The van der Waals surface area contributed by atoms with Crippen LogP contribution in [-0.4, -0.2) is 33.4 Å². The lowest BCUT2D eigenvalue weighted by molar-refractivity contribution is -0.147. The van der Waals surface area contributed by atoms with Gasteiger partial charge in [-0.1, -0.05) is 18.2 Å². The molecule has 3 aromatic rings. The monoisotopic (exact) mass is 405 g/mol. The Kier molecular flexibility index (Phi) is 5.02. The molecule has 2 aromatic carbocycles. The van der Waals surface area contributed by atoms with Crippen LogP contribution in [0.1, 0.15) is 29.0 Å². The van der Waals surface area contributed by atoms with Crippen molar-refractivity contribution < 1.29 is 22.4 Å². The molecule has 0 spiro atoms. The molecular formula is C21H19F4N3O. The third-order valence-electron chi connectivity index (χ3n) is 5.32. The normalized spacial score (nSPS) is 15.8. The third kappa shape index (κ3) is 3.97. The molecule has 29 heavy (non-hydrogen) atoms. The number of fused-ring (bicyclic) bond motifs is 1. The number of likely N-dealkylation sites (tertiary alicyclic amines) is 1. The van der Waals surface area contributed by atoms with Crippen molar-refractivity contribution in [1.82, 2.24) is 14.5 Å². The van der Waals surface area contributed by atoms with Crippen molar-refractivity contribution >= 4 is 16.9 Å². The van der Waals surface area contributed by atoms with Crippen LogP contribution in [0.4, 0.5) is 17.6 Å². The predicted molar refractivity (Wildman–Crippen MR) is 99.8 cm³/mol. The summed E-state index contributed by atoms with van der Waals surface area (Å²) in [5.41, 5.74) is 1.06. The van der Waals surface area contributed by atoms with E-state index < -0.39 is 17.8 Å². The van der Waals surface area contributed by atoms with Crippen molar-refractivity contribution in [2.75, 3.05) is 13.1 Å². The van der Waals surface area contributed by atoms with Gasteiger partial charge in [-0.25, -0.2) is 9.37 Å². The Labute approximate surface area is 164 Å². The molecular weight excluding hydrogens is 386 g/mol. The quantitative estimate of drug-likeness (QED) is 0.590. The van der Waals surface area contributed by atoms with Crippen molar-refractivity contribution in [3.05, 3.63) is 65.7 Å². The maximum Gasteiger partial charge on any atom is 0.449 e. The van der Waals surface area contributed by atoms with Gasteiger partial charge in [0.25, 0.3) is 5.91 Å². The Hall–Kier alpha value is -2.90. The first-order valence-electron chi connectivity index (χ1n) is 9.40. The maximum atomic E-state index is 13.5. The van der Waals surface area contributed by atoms with E-state index in [1.165, 1.54) is 22.8 Å². The molecule has 1 saturated heterocycles. The third-order valence-corrected chi connectivity index (χ3v) is 5.32. The van der Waals surface area contributed by atoms with Gasteiger partial charge in [0, 0.05) is 25.2 Å². The second-order valence-corrected chi connectivity index (χ2v) is 7.28. The van der Waals surface area contributed by atoms with Crippen LogP contribution in [-0.2, 0) is 12.7 Å². The molecule has 0 unspecified atom stereocenters. The topological polar surface area (TPSA) is 38.1 Å². The summed E-state index contributed by atoms with van der Waals surface area (Å²) in [4.78, 5) is 17.9. The average molecular weight is 405 g/mol. The molecule has 0 atom stereocenters. The van der Waals surface area contributed by atoms with Crippen molar-refractivity contribution in [2.24, 2.45) is 5.92 Å². The van der Waals surface area contributed by atoms with E-state index in [4.69, 9.17) is 0 Å². The Morgan fingerprint density at radius 2 is 1.79 bits per heavy atom. The molecule has 0 radical (unpaired) electrons. The molecule has 0 saturated carbocycles. The Bertz CT molecular complexity index is 1040. The highest BCUT2D eigenvalue weighted by Crippen LogP contribution is 2.33. The number of piperidine rings is 1. The zero-order valence-corrected chi connectivity index (χ0v) is 15.5. The first-order chi connectivity index (χ1) is 13.8. The summed E-state index contributed by atoms with van der Waals surface area (Å²) in [5.74, 6) is -1.63. The summed E-state index contributed by atoms with van der Waals surface area (Å²) in [5, 5.41) is 0. The lowest BCUT2D eigenvalue weighted by atomic mass is 9.96. The predicted octanol–water partition coefficient (Wildman–Crippen LogP) is 4.75. The minimum Gasteiger partial charge on any atom is -0.339 e. The number of benzene rings is 2. The van der Waals surface area contributed by atoms with E-state index in [1.54, 1.807) is 35.2 Å². The number of carbonyl (C=O) groups is 1. The van der Waals surface area contributed by atoms with Crippen LogP contribution < -0.4 is 0 Å². The first-order valence-corrected chi connectivity index (χ1v) is 9.40. The SMILES string of the molecule is O=C(c1cccc(F)c1)N1CCC(Cn2c(C(F)(F)F)nc3ccccc32)CC1. The molecule has 4 rings (SSSR count). The summed E-state index contributed by atoms with van der Waals surface area (Å²) in [6.07, 6.45) is -3.39. The van der Waals surface area contributed by atoms with Gasteiger partial charge in [-0.05, 0) is 49.1 Å². The Morgan fingerprint density at radius 1 is 1.07 bits per heavy atom. The van der Waals surface area contributed by atoms with Crippen LogP contribution in [0.15, 0.2) is 48.5 Å². The van der Waals surface area contributed by atoms with Gasteiger partial charge in [-0.2, -0.15) is 13.2 Å². The minimum absolute atomic E-state index is 0.00901. The van der Waals surface area contributed by atoms with E-state index in [0.29, 0.717) is 37.0 Å². The van der Waals surface area contributed by atoms with Gasteiger partial charge in [-0.15, -0.1) is 0 Å². The van der Waals surface area contributed by atoms with Gasteiger partial charge in [-0.3, -0.25) is 4.79 Å². The molecule has 1 fully saturated rings. The van der Waals surface area contributed by atoms with Gasteiger partial charge in [0.1, 0.15) is 5.82 Å². The van der Waals surface area contributed by atoms with Crippen LogP contribution in [0.2, 0.25) is 0 Å². The summed E-state index contributed by atoms with van der Waals surface area (Å²) in [6, 6.07) is 12.1. The fraction of sp³-hybridized carbons (Fsp3) is 0.333. The van der Waals surface area contributed by atoms with Crippen molar-refractivity contribution in [3.63, 3.8) is 0 Å². The van der Waals surface area contributed by atoms with Gasteiger partial charge in [0.05, 0.1) is 11.0 Å². The molecule has 0 N–H and O–H groups in total. The van der Waals surface area contributed by atoms with Crippen molar-refractivity contribution in [1.29, 1.82) is 0 Å². The zero-order chi connectivity index (χ0) is 20.6. The lowest BCUT2D eigenvalue weighted by Gasteiger charge is -2.32. The van der Waals surface area contributed by atoms with Gasteiger partial charge in [0.15, 0.2) is 0 Å². The summed E-state index contributed by atoms with van der Waals surface area (Å²) in [7, 11) is 0. The molecule has 0 bridgehead atoms. The van der Waals surface area contributed by atoms with Crippen molar-refractivity contribution in [3.8, 4) is 0 Å². The number of aromatic nitrogens is 2. The average Bonchev–Trinajstić information content (AvgIpc) is 3.07. The van der Waals surface area contributed by atoms with Gasteiger partial charge < -0.3 is 9.47 Å². The largest absolute Gasteiger partial charge is 0.449 e. The van der Waals surface area contributed by atoms with Gasteiger partial charge >= 0.3 is 6.18 Å². The fourth-order valence-electron chi connectivity index (χ4n) is 3.86. The summed E-state index contributed by atoms with van der Waals surface area (Å²) in [6.45, 7) is 1.04. The number of hydrogen-bond acceptors (Lipinski definition) is 2. The van der Waals surface area contributed by atoms with Crippen LogP contribution in [0.5, 0.6) is 0 Å². The van der Waals surface area contributed by atoms with E-state index in [0.717, 1.165) is 0 Å². The number of halogens is 4. The second-order valence-electron chi connectivity index (χ2n) is 7.28. The number of hydrogen-bond donors (Lipinski definition) is 0. The molecule has 2 heterocycles. The highest BCUT2D eigenvalue weighted by atomic mass is 19.4. The minimum atomic E-state index is -4.53.